The third kappa shape index (κ3) is 4.81. The Hall–Kier alpha value is -2.74. The van der Waals surface area contributed by atoms with Crippen molar-refractivity contribution in [1.82, 2.24) is 4.90 Å². The second kappa shape index (κ2) is 10.0. The highest BCUT2D eigenvalue weighted by molar-refractivity contribution is 8.00. The number of carbonyl (C=O) groups is 3. The first-order valence-corrected chi connectivity index (χ1v) is 11.9. The number of halogens is 2. The van der Waals surface area contributed by atoms with Crippen LogP contribution in [0.15, 0.2) is 82.0 Å². The molecular weight excluding hydrogens is 485 g/mol. The van der Waals surface area contributed by atoms with Crippen molar-refractivity contribution in [3.05, 3.63) is 93.1 Å². The molecule has 1 amide bonds. The van der Waals surface area contributed by atoms with Gasteiger partial charge >= 0.3 is 11.9 Å². The first-order chi connectivity index (χ1) is 15.9. The van der Waals surface area contributed by atoms with E-state index in [1.54, 1.807) is 0 Å². The van der Waals surface area contributed by atoms with Crippen LogP contribution in [0.3, 0.4) is 0 Å². The number of thioether (sulfide) groups is 1. The van der Waals surface area contributed by atoms with Crippen molar-refractivity contribution >= 4 is 52.8 Å². The van der Waals surface area contributed by atoms with Gasteiger partial charge in [-0.05, 0) is 11.1 Å². The average Bonchev–Trinajstić information content (AvgIpc) is 2.81. The average molecular weight is 504 g/mol. The molecule has 0 N–H and O–H groups in total. The quantitative estimate of drug-likeness (QED) is 0.322. The number of hydrogen-bond donors (Lipinski definition) is 0. The third-order valence-electron chi connectivity index (χ3n) is 5.20. The van der Waals surface area contributed by atoms with Crippen LogP contribution >= 0.6 is 35.0 Å². The number of fused-ring (bicyclic) bond motifs is 1. The van der Waals surface area contributed by atoms with Crippen molar-refractivity contribution < 1.29 is 23.9 Å². The molecule has 1 saturated heterocycles. The highest BCUT2D eigenvalue weighted by Gasteiger charge is 2.51. The Balaban J connectivity index is 1.71. The Morgan fingerprint density at radius 3 is 2.15 bits per heavy atom. The number of amides is 1. The molecule has 0 spiro atoms. The lowest BCUT2D eigenvalue weighted by molar-refractivity contribution is -0.149. The van der Waals surface area contributed by atoms with E-state index < -0.39 is 29.3 Å². The second-order valence-corrected chi connectivity index (χ2v) is 9.37. The van der Waals surface area contributed by atoms with Crippen molar-refractivity contribution in [1.29, 1.82) is 0 Å². The summed E-state index contributed by atoms with van der Waals surface area (Å²) in [5.41, 5.74) is 2.33. The summed E-state index contributed by atoms with van der Waals surface area (Å²) in [6.07, 6.45) is -0.696. The Morgan fingerprint density at radius 1 is 1.06 bits per heavy atom. The van der Waals surface area contributed by atoms with E-state index in [-0.39, 0.29) is 22.4 Å². The minimum absolute atomic E-state index is 0.0557. The van der Waals surface area contributed by atoms with E-state index in [1.165, 1.54) is 23.6 Å². The van der Waals surface area contributed by atoms with Gasteiger partial charge in [0.25, 0.3) is 5.91 Å². The van der Waals surface area contributed by atoms with Crippen LogP contribution in [0.5, 0.6) is 0 Å². The normalized spacial score (nSPS) is 17.5. The van der Waals surface area contributed by atoms with Crippen molar-refractivity contribution in [2.24, 2.45) is 0 Å². The minimum Gasteiger partial charge on any atom is -0.461 e. The number of carbonyl (C=O) groups excluding carboxylic acids is 3. The summed E-state index contributed by atoms with van der Waals surface area (Å²) >= 11 is 13.1. The molecule has 0 saturated carbocycles. The maximum Gasteiger partial charge on any atom is 0.356 e. The van der Waals surface area contributed by atoms with Gasteiger partial charge in [-0.3, -0.25) is 14.5 Å². The molecular formula is C24H19Cl2NO5S. The van der Waals surface area contributed by atoms with Crippen LogP contribution in [0.25, 0.3) is 0 Å². The van der Waals surface area contributed by atoms with E-state index in [4.69, 9.17) is 32.7 Å². The fourth-order valence-corrected chi connectivity index (χ4v) is 5.47. The monoisotopic (exact) mass is 503 g/mol. The van der Waals surface area contributed by atoms with Crippen LogP contribution in [0, 0.1) is 0 Å². The van der Waals surface area contributed by atoms with Crippen molar-refractivity contribution in [2.75, 3.05) is 12.4 Å². The molecule has 170 valence electrons. The van der Waals surface area contributed by atoms with Crippen molar-refractivity contribution in [2.45, 2.75) is 18.4 Å². The van der Waals surface area contributed by atoms with Crippen molar-refractivity contribution in [3.63, 3.8) is 0 Å². The molecule has 2 heterocycles. The number of ether oxygens (including phenoxy) is 2. The van der Waals surface area contributed by atoms with Crippen LogP contribution in [0.1, 0.15) is 24.2 Å². The molecule has 2 aromatic carbocycles. The number of benzene rings is 2. The molecule has 6 nitrogen and oxygen atoms in total. The summed E-state index contributed by atoms with van der Waals surface area (Å²) < 4.78 is 11.0. The van der Waals surface area contributed by atoms with Gasteiger partial charge in [0, 0.05) is 18.2 Å². The Bertz CT molecular complexity index is 1110. The Morgan fingerprint density at radius 2 is 1.64 bits per heavy atom. The molecule has 0 aliphatic carbocycles. The molecule has 1 fully saturated rings. The number of nitrogens with zero attached hydrogens (tertiary/aromatic N) is 1. The molecule has 2 aliphatic rings. The molecule has 0 bridgehead atoms. The van der Waals surface area contributed by atoms with Crippen LogP contribution in [-0.4, -0.2) is 40.5 Å². The fraction of sp³-hybridized carbons (Fsp3) is 0.208. The maximum atomic E-state index is 13.5. The summed E-state index contributed by atoms with van der Waals surface area (Å²) in [6, 6.07) is 18.6. The van der Waals surface area contributed by atoms with Gasteiger partial charge < -0.3 is 9.47 Å². The minimum atomic E-state index is -0.696. The molecule has 0 unspecified atom stereocenters. The van der Waals surface area contributed by atoms with Gasteiger partial charge in [0.1, 0.15) is 22.2 Å². The first kappa shape index (κ1) is 23.4. The van der Waals surface area contributed by atoms with Gasteiger partial charge in [0.2, 0.25) is 0 Å². The molecule has 9 heteroatoms. The van der Waals surface area contributed by atoms with Gasteiger partial charge in [0.05, 0.1) is 5.57 Å². The molecule has 0 radical (unpaired) electrons. The lowest BCUT2D eigenvalue weighted by Gasteiger charge is -2.46. The first-order valence-electron chi connectivity index (χ1n) is 10.0. The van der Waals surface area contributed by atoms with E-state index in [9.17, 15) is 14.4 Å². The fourth-order valence-electron chi connectivity index (χ4n) is 3.66. The molecule has 2 aromatic rings. The van der Waals surface area contributed by atoms with E-state index in [0.717, 1.165) is 11.1 Å². The van der Waals surface area contributed by atoms with E-state index in [2.05, 4.69) is 0 Å². The number of esters is 2. The van der Waals surface area contributed by atoms with Gasteiger partial charge in [-0.15, -0.1) is 11.8 Å². The Labute approximate surface area is 205 Å². The molecule has 33 heavy (non-hydrogen) atoms. The SMILES string of the molecule is CC(=O)OCC1=C(C(=O)OC(c2ccccc2)c2ccccc2)N2C(=O)C(=C(Cl)Cl)[C@H]2SC1. The predicted molar refractivity (Wildman–Crippen MR) is 126 cm³/mol. The summed E-state index contributed by atoms with van der Waals surface area (Å²) in [5.74, 6) is -1.32. The number of β-lactam (4-membered cyclic amide) rings is 1. The zero-order valence-corrected chi connectivity index (χ0v) is 19.8. The van der Waals surface area contributed by atoms with Crippen LogP contribution in [-0.2, 0) is 23.9 Å². The highest BCUT2D eigenvalue weighted by atomic mass is 35.5. The topological polar surface area (TPSA) is 72.9 Å². The number of rotatable bonds is 6. The zero-order valence-electron chi connectivity index (χ0n) is 17.5. The standard InChI is InChI=1S/C24H19Cl2NO5S/c1-14(28)31-12-17-13-33-23-18(21(25)26)22(29)27(23)19(17)24(30)32-20(15-8-4-2-5-9-15)16-10-6-3-7-11-16/h2-11,20,23H,12-13H2,1H3/t23-/m1/s1. The lowest BCUT2D eigenvalue weighted by atomic mass is 10.0. The van der Waals surface area contributed by atoms with Gasteiger partial charge in [-0.1, -0.05) is 83.9 Å². The van der Waals surface area contributed by atoms with Crippen LogP contribution < -0.4 is 0 Å². The third-order valence-corrected chi connectivity index (χ3v) is 6.88. The highest BCUT2D eigenvalue weighted by Crippen LogP contribution is 2.46. The smallest absolute Gasteiger partial charge is 0.356 e. The van der Waals surface area contributed by atoms with E-state index in [1.807, 2.05) is 60.7 Å². The lowest BCUT2D eigenvalue weighted by Crippen LogP contribution is -2.57. The molecule has 2 aliphatic heterocycles. The van der Waals surface area contributed by atoms with Gasteiger partial charge in [-0.25, -0.2) is 4.79 Å². The summed E-state index contributed by atoms with van der Waals surface area (Å²) in [4.78, 5) is 39.0. The molecule has 0 aromatic heterocycles. The number of hydrogen-bond acceptors (Lipinski definition) is 6. The van der Waals surface area contributed by atoms with Gasteiger partial charge in [-0.2, -0.15) is 0 Å². The molecule has 4 rings (SSSR count). The van der Waals surface area contributed by atoms with E-state index in [0.29, 0.717) is 11.3 Å². The van der Waals surface area contributed by atoms with Crippen LogP contribution in [0.2, 0.25) is 0 Å². The maximum absolute atomic E-state index is 13.5. The van der Waals surface area contributed by atoms with Crippen molar-refractivity contribution in [3.8, 4) is 0 Å². The summed E-state index contributed by atoms with van der Waals surface area (Å²) in [6.45, 7) is 1.15. The largest absolute Gasteiger partial charge is 0.461 e. The van der Waals surface area contributed by atoms with Gasteiger partial charge in [0.15, 0.2) is 6.10 Å². The zero-order chi connectivity index (χ0) is 23.5. The van der Waals surface area contributed by atoms with E-state index >= 15 is 0 Å². The molecule has 1 atom stereocenters. The predicted octanol–water partition coefficient (Wildman–Crippen LogP) is 4.74. The Kier molecular flexibility index (Phi) is 7.12. The summed E-state index contributed by atoms with van der Waals surface area (Å²) in [7, 11) is 0. The van der Waals surface area contributed by atoms with Crippen LogP contribution in [0.4, 0.5) is 0 Å². The summed E-state index contributed by atoms with van der Waals surface area (Å²) in [5, 5.41) is -0.502. The second-order valence-electron chi connectivity index (χ2n) is 7.35.